The van der Waals surface area contributed by atoms with Gasteiger partial charge in [0.25, 0.3) is 5.79 Å². The molecule has 0 aromatic heterocycles. The highest BCUT2D eigenvalue weighted by Gasteiger charge is 2.21. The third kappa shape index (κ3) is 3.21. The Kier molecular flexibility index (Phi) is 3.78. The summed E-state index contributed by atoms with van der Waals surface area (Å²) in [6, 6.07) is 18.3. The molecule has 2 aromatic carbocycles. The highest BCUT2D eigenvalue weighted by atomic mass is 16.5. The van der Waals surface area contributed by atoms with Gasteiger partial charge in [-0.1, -0.05) is 66.6 Å². The van der Waals surface area contributed by atoms with E-state index in [0.717, 1.165) is 5.56 Å². The van der Waals surface area contributed by atoms with Crippen molar-refractivity contribution in [1.82, 2.24) is 0 Å². The van der Waals surface area contributed by atoms with Gasteiger partial charge < -0.3 is 10.2 Å². The van der Waals surface area contributed by atoms with E-state index in [9.17, 15) is 10.2 Å². The monoisotopic (exact) mass is 238 g/mol. The fraction of sp³-hybridized carbons (Fsp3) is 0.125. The number of benzene rings is 2. The predicted octanol–water partition coefficient (Wildman–Crippen LogP) is 2.07. The van der Waals surface area contributed by atoms with E-state index in [2.05, 4.69) is 11.8 Å². The van der Waals surface area contributed by atoms with Gasteiger partial charge in [0.2, 0.25) is 0 Å². The highest BCUT2D eigenvalue weighted by Crippen LogP contribution is 2.16. The van der Waals surface area contributed by atoms with Crippen LogP contribution >= 0.6 is 0 Å². The Morgan fingerprint density at radius 3 is 2.00 bits per heavy atom. The van der Waals surface area contributed by atoms with Gasteiger partial charge in [-0.25, -0.2) is 0 Å². The number of hydrogen-bond acceptors (Lipinski definition) is 2. The maximum Gasteiger partial charge on any atom is 0.256 e. The van der Waals surface area contributed by atoms with Crippen LogP contribution in [0.1, 0.15) is 11.1 Å². The molecule has 0 radical (unpaired) electrons. The minimum Gasteiger partial charge on any atom is -0.352 e. The van der Waals surface area contributed by atoms with Crippen LogP contribution in [-0.2, 0) is 12.2 Å². The van der Waals surface area contributed by atoms with E-state index in [0.29, 0.717) is 12.0 Å². The molecule has 2 rings (SSSR count). The van der Waals surface area contributed by atoms with Crippen LogP contribution in [0, 0.1) is 11.8 Å². The molecule has 0 amide bonds. The maximum atomic E-state index is 9.85. The van der Waals surface area contributed by atoms with E-state index in [1.165, 1.54) is 0 Å². The van der Waals surface area contributed by atoms with Gasteiger partial charge in [-0.3, -0.25) is 0 Å². The summed E-state index contributed by atoms with van der Waals surface area (Å²) in [5.74, 6) is 3.19. The number of hydrogen-bond donors (Lipinski definition) is 2. The van der Waals surface area contributed by atoms with Crippen molar-refractivity contribution in [2.24, 2.45) is 0 Å². The third-order valence-corrected chi connectivity index (χ3v) is 2.57. The van der Waals surface area contributed by atoms with Crippen molar-refractivity contribution in [2.45, 2.75) is 12.2 Å². The van der Waals surface area contributed by atoms with Crippen molar-refractivity contribution in [3.8, 4) is 11.8 Å². The van der Waals surface area contributed by atoms with Crippen LogP contribution in [0.3, 0.4) is 0 Å². The summed E-state index contributed by atoms with van der Waals surface area (Å²) in [7, 11) is 0. The van der Waals surface area contributed by atoms with Gasteiger partial charge in [0.15, 0.2) is 0 Å². The molecule has 2 aromatic rings. The van der Waals surface area contributed by atoms with E-state index in [-0.39, 0.29) is 0 Å². The van der Waals surface area contributed by atoms with Gasteiger partial charge in [-0.15, -0.1) is 0 Å². The molecule has 0 aliphatic carbocycles. The molecule has 0 unspecified atom stereocenters. The van der Waals surface area contributed by atoms with Crippen molar-refractivity contribution in [3.63, 3.8) is 0 Å². The summed E-state index contributed by atoms with van der Waals surface area (Å²) in [6.07, 6.45) is 0.497. The molecule has 90 valence electrons. The average Bonchev–Trinajstić information content (AvgIpc) is 2.41. The SMILES string of the molecule is OC(O)(C#CCc1ccccc1)c1ccccc1. The number of rotatable bonds is 2. The summed E-state index contributed by atoms with van der Waals surface area (Å²) in [6.45, 7) is 0. The van der Waals surface area contributed by atoms with Crippen molar-refractivity contribution in [3.05, 3.63) is 71.8 Å². The van der Waals surface area contributed by atoms with Crippen LogP contribution in [0.15, 0.2) is 60.7 Å². The van der Waals surface area contributed by atoms with Gasteiger partial charge in [0.1, 0.15) is 0 Å². The summed E-state index contributed by atoms with van der Waals surface area (Å²) in [5, 5.41) is 19.7. The minimum atomic E-state index is -2.09. The second kappa shape index (κ2) is 5.50. The molecule has 2 nitrogen and oxygen atoms in total. The predicted molar refractivity (Wildman–Crippen MR) is 70.5 cm³/mol. The zero-order chi connectivity index (χ0) is 12.8. The van der Waals surface area contributed by atoms with E-state index >= 15 is 0 Å². The molecule has 0 aliphatic heterocycles. The smallest absolute Gasteiger partial charge is 0.256 e. The van der Waals surface area contributed by atoms with E-state index in [1.807, 2.05) is 36.4 Å². The van der Waals surface area contributed by atoms with Gasteiger partial charge in [-0.05, 0) is 11.5 Å². The molecule has 18 heavy (non-hydrogen) atoms. The molecular weight excluding hydrogens is 224 g/mol. The first-order chi connectivity index (χ1) is 8.68. The second-order valence-corrected chi connectivity index (χ2v) is 4.00. The Balaban J connectivity index is 2.10. The molecule has 0 saturated heterocycles. The lowest BCUT2D eigenvalue weighted by Crippen LogP contribution is -2.22. The first-order valence-electron chi connectivity index (χ1n) is 5.73. The lowest BCUT2D eigenvalue weighted by Gasteiger charge is -2.14. The number of aliphatic hydroxyl groups is 2. The molecular formula is C16H14O2. The summed E-state index contributed by atoms with van der Waals surface area (Å²) in [5.41, 5.74) is 1.43. The Morgan fingerprint density at radius 1 is 0.833 bits per heavy atom. The van der Waals surface area contributed by atoms with Crippen LogP contribution in [0.25, 0.3) is 0 Å². The molecule has 0 atom stereocenters. The quantitative estimate of drug-likeness (QED) is 0.621. The minimum absolute atomic E-state index is 0.380. The summed E-state index contributed by atoms with van der Waals surface area (Å²) < 4.78 is 0. The summed E-state index contributed by atoms with van der Waals surface area (Å²) >= 11 is 0. The van der Waals surface area contributed by atoms with Gasteiger partial charge in [0.05, 0.1) is 0 Å². The van der Waals surface area contributed by atoms with Crippen LogP contribution in [0.4, 0.5) is 0 Å². The van der Waals surface area contributed by atoms with Gasteiger partial charge in [0, 0.05) is 12.0 Å². The zero-order valence-electron chi connectivity index (χ0n) is 9.88. The Morgan fingerprint density at radius 2 is 1.39 bits per heavy atom. The van der Waals surface area contributed by atoms with Crippen LogP contribution in [0.2, 0.25) is 0 Å². The Labute approximate surface area is 107 Å². The van der Waals surface area contributed by atoms with Gasteiger partial charge >= 0.3 is 0 Å². The molecule has 0 heterocycles. The molecule has 0 bridgehead atoms. The molecule has 0 saturated carbocycles. The van der Waals surface area contributed by atoms with Crippen LogP contribution in [-0.4, -0.2) is 10.2 Å². The van der Waals surface area contributed by atoms with Crippen LogP contribution < -0.4 is 0 Å². The third-order valence-electron chi connectivity index (χ3n) is 2.57. The molecule has 0 spiro atoms. The highest BCUT2D eigenvalue weighted by molar-refractivity contribution is 5.29. The fourth-order valence-electron chi connectivity index (χ4n) is 1.61. The zero-order valence-corrected chi connectivity index (χ0v) is 9.88. The van der Waals surface area contributed by atoms with Crippen LogP contribution in [0.5, 0.6) is 0 Å². The lowest BCUT2D eigenvalue weighted by molar-refractivity contribution is -0.116. The summed E-state index contributed by atoms with van der Waals surface area (Å²) in [4.78, 5) is 0. The Bertz CT molecular complexity index is 548. The second-order valence-electron chi connectivity index (χ2n) is 4.00. The molecule has 2 heteroatoms. The van der Waals surface area contributed by atoms with E-state index in [4.69, 9.17) is 0 Å². The average molecular weight is 238 g/mol. The standard InChI is InChI=1S/C16H14O2/c17-16(18,15-11-5-2-6-12-15)13-7-10-14-8-3-1-4-9-14/h1-6,8-9,11-12,17-18H,10H2. The molecule has 2 N–H and O–H groups in total. The topological polar surface area (TPSA) is 40.5 Å². The Hall–Kier alpha value is -2.08. The normalized spacial score (nSPS) is 10.6. The van der Waals surface area contributed by atoms with Gasteiger partial charge in [-0.2, -0.15) is 0 Å². The van der Waals surface area contributed by atoms with Crippen molar-refractivity contribution < 1.29 is 10.2 Å². The maximum absolute atomic E-state index is 9.85. The molecule has 0 aliphatic rings. The lowest BCUT2D eigenvalue weighted by atomic mass is 10.1. The fourth-order valence-corrected chi connectivity index (χ4v) is 1.61. The largest absolute Gasteiger partial charge is 0.352 e. The van der Waals surface area contributed by atoms with E-state index in [1.54, 1.807) is 24.3 Å². The molecule has 0 fully saturated rings. The first-order valence-corrected chi connectivity index (χ1v) is 5.73. The first kappa shape index (κ1) is 12.4. The van der Waals surface area contributed by atoms with Crippen molar-refractivity contribution >= 4 is 0 Å². The van der Waals surface area contributed by atoms with Crippen molar-refractivity contribution in [2.75, 3.05) is 0 Å². The van der Waals surface area contributed by atoms with Crippen molar-refractivity contribution in [1.29, 1.82) is 0 Å². The van der Waals surface area contributed by atoms with E-state index < -0.39 is 5.79 Å².